The second kappa shape index (κ2) is 3.83. The van der Waals surface area contributed by atoms with Gasteiger partial charge in [-0.05, 0) is 31.4 Å². The number of rotatable bonds is 2. The molecule has 0 aromatic heterocycles. The van der Waals surface area contributed by atoms with Crippen LogP contribution in [0.3, 0.4) is 0 Å². The van der Waals surface area contributed by atoms with Crippen LogP contribution in [-0.2, 0) is 0 Å². The van der Waals surface area contributed by atoms with Gasteiger partial charge in [0.25, 0.3) is 0 Å². The summed E-state index contributed by atoms with van der Waals surface area (Å²) in [6.45, 7) is 4.36. The molecule has 84 valence electrons. The normalized spacial score (nSPS) is 27.3. The Bertz CT molecular complexity index is 402. The van der Waals surface area contributed by atoms with Gasteiger partial charge in [0.2, 0.25) is 0 Å². The highest BCUT2D eigenvalue weighted by Gasteiger charge is 2.49. The van der Waals surface area contributed by atoms with E-state index in [2.05, 4.69) is 25.2 Å². The fourth-order valence-electron chi connectivity index (χ4n) is 2.58. The summed E-state index contributed by atoms with van der Waals surface area (Å²) in [6, 6.07) is 12.5. The van der Waals surface area contributed by atoms with E-state index in [9.17, 15) is 5.26 Å². The molecule has 2 heteroatoms. The van der Waals surface area contributed by atoms with E-state index in [1.54, 1.807) is 0 Å². The van der Waals surface area contributed by atoms with Gasteiger partial charge in [0, 0.05) is 11.1 Å². The molecule has 1 saturated carbocycles. The molecule has 1 aliphatic carbocycles. The molecule has 16 heavy (non-hydrogen) atoms. The van der Waals surface area contributed by atoms with E-state index in [0.29, 0.717) is 0 Å². The zero-order chi connectivity index (χ0) is 11.6. The number of benzene rings is 1. The van der Waals surface area contributed by atoms with Crippen LogP contribution < -0.4 is 5.32 Å². The number of nitrogens with one attached hydrogen (secondary N) is 1. The molecule has 1 aromatic rings. The number of hydrogen-bond donors (Lipinski definition) is 1. The fraction of sp³-hybridized carbons (Fsp3) is 0.500. The molecular weight excluding hydrogens is 196 g/mol. The zero-order valence-electron chi connectivity index (χ0n) is 9.96. The van der Waals surface area contributed by atoms with Crippen molar-refractivity contribution in [3.8, 4) is 6.07 Å². The van der Waals surface area contributed by atoms with Gasteiger partial charge in [0.1, 0.15) is 5.54 Å². The molecule has 1 fully saturated rings. The molecule has 1 aromatic carbocycles. The van der Waals surface area contributed by atoms with Gasteiger partial charge in [-0.25, -0.2) is 0 Å². The number of nitriles is 1. The first-order chi connectivity index (χ1) is 7.60. The van der Waals surface area contributed by atoms with Gasteiger partial charge in [-0.2, -0.15) is 5.26 Å². The average molecular weight is 214 g/mol. The van der Waals surface area contributed by atoms with Crippen molar-refractivity contribution < 1.29 is 0 Å². The molecule has 2 nitrogen and oxygen atoms in total. The van der Waals surface area contributed by atoms with E-state index in [1.807, 2.05) is 30.3 Å². The van der Waals surface area contributed by atoms with Crippen LogP contribution in [0.25, 0.3) is 0 Å². The third kappa shape index (κ3) is 1.67. The minimum atomic E-state index is -0.408. The van der Waals surface area contributed by atoms with Crippen LogP contribution in [0.2, 0.25) is 0 Å². The van der Waals surface area contributed by atoms with Gasteiger partial charge in [-0.15, -0.1) is 0 Å². The highest BCUT2D eigenvalue weighted by molar-refractivity contribution is 5.49. The Morgan fingerprint density at radius 3 is 2.38 bits per heavy atom. The molecule has 1 atom stereocenters. The fourth-order valence-corrected chi connectivity index (χ4v) is 2.58. The molecular formula is C14H18N2. The summed E-state index contributed by atoms with van der Waals surface area (Å²) in [5, 5.41) is 12.9. The molecule has 1 aliphatic rings. The molecule has 0 saturated heterocycles. The van der Waals surface area contributed by atoms with Gasteiger partial charge >= 0.3 is 0 Å². The van der Waals surface area contributed by atoms with Crippen LogP contribution in [-0.4, -0.2) is 5.54 Å². The van der Waals surface area contributed by atoms with Gasteiger partial charge in [0.05, 0.1) is 6.07 Å². The van der Waals surface area contributed by atoms with Crippen molar-refractivity contribution in [3.05, 3.63) is 30.3 Å². The van der Waals surface area contributed by atoms with Crippen molar-refractivity contribution in [2.45, 2.75) is 38.6 Å². The van der Waals surface area contributed by atoms with E-state index < -0.39 is 5.54 Å². The first-order valence-electron chi connectivity index (χ1n) is 5.84. The summed E-state index contributed by atoms with van der Waals surface area (Å²) >= 11 is 0. The van der Waals surface area contributed by atoms with Crippen molar-refractivity contribution in [2.75, 3.05) is 5.32 Å². The molecule has 0 bridgehead atoms. The molecule has 1 N–H and O–H groups in total. The third-order valence-corrected chi connectivity index (χ3v) is 3.83. The summed E-state index contributed by atoms with van der Waals surface area (Å²) < 4.78 is 0. The smallest absolute Gasteiger partial charge is 0.130 e. The van der Waals surface area contributed by atoms with Crippen molar-refractivity contribution >= 4 is 5.69 Å². The van der Waals surface area contributed by atoms with Crippen LogP contribution in [0.5, 0.6) is 0 Å². The summed E-state index contributed by atoms with van der Waals surface area (Å²) in [5.74, 6) is 0. The SMILES string of the molecule is CC1(C)CCCC1(C#N)Nc1ccccc1. The highest BCUT2D eigenvalue weighted by Crippen LogP contribution is 2.47. The summed E-state index contributed by atoms with van der Waals surface area (Å²) in [6.07, 6.45) is 3.17. The second-order valence-corrected chi connectivity index (χ2v) is 5.25. The number of hydrogen-bond acceptors (Lipinski definition) is 2. The Kier molecular flexibility index (Phi) is 2.63. The Morgan fingerprint density at radius 1 is 1.19 bits per heavy atom. The number of anilines is 1. The monoisotopic (exact) mass is 214 g/mol. The lowest BCUT2D eigenvalue weighted by molar-refractivity contribution is 0.290. The third-order valence-electron chi connectivity index (χ3n) is 3.83. The lowest BCUT2D eigenvalue weighted by atomic mass is 9.75. The Hall–Kier alpha value is -1.49. The number of nitrogens with zero attached hydrogens (tertiary/aromatic N) is 1. The van der Waals surface area contributed by atoms with E-state index in [1.165, 1.54) is 0 Å². The summed E-state index contributed by atoms with van der Waals surface area (Å²) in [5.41, 5.74) is 0.672. The molecule has 2 rings (SSSR count). The van der Waals surface area contributed by atoms with Crippen molar-refractivity contribution in [3.63, 3.8) is 0 Å². The van der Waals surface area contributed by atoms with E-state index in [-0.39, 0.29) is 5.41 Å². The Labute approximate surface area is 97.3 Å². The number of para-hydroxylation sites is 1. The average Bonchev–Trinajstić information content (AvgIpc) is 2.56. The Morgan fingerprint density at radius 2 is 1.88 bits per heavy atom. The van der Waals surface area contributed by atoms with Gasteiger partial charge in [0.15, 0.2) is 0 Å². The Balaban J connectivity index is 2.28. The van der Waals surface area contributed by atoms with Crippen LogP contribution in [0.4, 0.5) is 5.69 Å². The van der Waals surface area contributed by atoms with Crippen molar-refractivity contribution in [1.82, 2.24) is 0 Å². The predicted molar refractivity (Wildman–Crippen MR) is 66.0 cm³/mol. The maximum absolute atomic E-state index is 9.50. The molecule has 1 unspecified atom stereocenters. The molecule has 0 heterocycles. The molecule has 0 amide bonds. The van der Waals surface area contributed by atoms with Crippen LogP contribution in [0.1, 0.15) is 33.1 Å². The molecule has 0 radical (unpaired) electrons. The minimum absolute atomic E-state index is 0.0393. The molecule has 0 spiro atoms. The lowest BCUT2D eigenvalue weighted by Gasteiger charge is -2.37. The quantitative estimate of drug-likeness (QED) is 0.817. The predicted octanol–water partition coefficient (Wildman–Crippen LogP) is 3.57. The van der Waals surface area contributed by atoms with Crippen LogP contribution in [0.15, 0.2) is 30.3 Å². The maximum atomic E-state index is 9.50. The van der Waals surface area contributed by atoms with E-state index in [0.717, 1.165) is 24.9 Å². The van der Waals surface area contributed by atoms with Crippen LogP contribution in [0, 0.1) is 16.7 Å². The van der Waals surface area contributed by atoms with Crippen molar-refractivity contribution in [2.24, 2.45) is 5.41 Å². The summed E-state index contributed by atoms with van der Waals surface area (Å²) in [7, 11) is 0. The first kappa shape index (κ1) is 11.0. The topological polar surface area (TPSA) is 35.8 Å². The molecule has 0 aliphatic heterocycles. The van der Waals surface area contributed by atoms with E-state index >= 15 is 0 Å². The highest BCUT2D eigenvalue weighted by atomic mass is 15.0. The van der Waals surface area contributed by atoms with Crippen LogP contribution >= 0.6 is 0 Å². The van der Waals surface area contributed by atoms with Crippen molar-refractivity contribution in [1.29, 1.82) is 5.26 Å². The summed E-state index contributed by atoms with van der Waals surface area (Å²) in [4.78, 5) is 0. The van der Waals surface area contributed by atoms with E-state index in [4.69, 9.17) is 0 Å². The van der Waals surface area contributed by atoms with Gasteiger partial charge in [-0.1, -0.05) is 32.0 Å². The minimum Gasteiger partial charge on any atom is -0.367 e. The zero-order valence-corrected chi connectivity index (χ0v) is 9.96. The maximum Gasteiger partial charge on any atom is 0.130 e. The first-order valence-corrected chi connectivity index (χ1v) is 5.84. The second-order valence-electron chi connectivity index (χ2n) is 5.25. The standard InChI is InChI=1S/C14H18N2/c1-13(2)9-6-10-14(13,11-15)16-12-7-4-3-5-8-12/h3-5,7-8,16H,6,9-10H2,1-2H3. The van der Waals surface area contributed by atoms with Gasteiger partial charge in [-0.3, -0.25) is 0 Å². The van der Waals surface area contributed by atoms with Gasteiger partial charge < -0.3 is 5.32 Å². The largest absolute Gasteiger partial charge is 0.367 e. The lowest BCUT2D eigenvalue weighted by Crippen LogP contribution is -2.45.